The Morgan fingerprint density at radius 2 is 1.67 bits per heavy atom. The zero-order valence-electron chi connectivity index (χ0n) is 31.3. The van der Waals surface area contributed by atoms with E-state index < -0.39 is 57.6 Å². The monoisotopic (exact) mass is 838 g/mol. The molecule has 11 nitrogen and oxygen atoms in total. The number of nitrogens with zero attached hydrogens (tertiary/aromatic N) is 6. The van der Waals surface area contributed by atoms with Gasteiger partial charge in [0, 0.05) is 56.6 Å². The number of halogens is 7. The van der Waals surface area contributed by atoms with E-state index in [2.05, 4.69) is 9.82 Å². The Morgan fingerprint density at radius 1 is 1.02 bits per heavy atom. The molecule has 4 heterocycles. The second-order valence-corrected chi connectivity index (χ2v) is 17.5. The lowest BCUT2D eigenvalue weighted by atomic mass is 9.84. The van der Waals surface area contributed by atoms with Gasteiger partial charge < -0.3 is 5.73 Å². The molecule has 306 valence electrons. The van der Waals surface area contributed by atoms with E-state index in [0.717, 1.165) is 18.4 Å². The first kappa shape index (κ1) is 40.9. The van der Waals surface area contributed by atoms with Crippen LogP contribution in [0.5, 0.6) is 0 Å². The Morgan fingerprint density at radius 3 is 2.30 bits per heavy atom. The summed E-state index contributed by atoms with van der Waals surface area (Å²) >= 11 is 6.75. The van der Waals surface area contributed by atoms with Crippen molar-refractivity contribution in [2.24, 2.45) is 5.73 Å². The van der Waals surface area contributed by atoms with Crippen molar-refractivity contribution in [3.05, 3.63) is 86.1 Å². The number of aromatic nitrogens is 5. The van der Waals surface area contributed by atoms with Crippen LogP contribution in [0, 0.1) is 18.6 Å². The minimum absolute atomic E-state index is 0.0161. The number of likely N-dealkylation sites (tertiary alicyclic amines) is 1. The first-order valence-electron chi connectivity index (χ1n) is 18.5. The van der Waals surface area contributed by atoms with E-state index in [-0.39, 0.29) is 114 Å². The number of rotatable bonds is 10. The third-order valence-electron chi connectivity index (χ3n) is 10.6. The number of pyridine rings is 1. The maximum Gasteiger partial charge on any atom is 0.268 e. The Labute approximate surface area is 329 Å². The first-order valence-corrected chi connectivity index (χ1v) is 20.8. The van der Waals surface area contributed by atoms with Crippen molar-refractivity contribution in [1.82, 2.24) is 29.2 Å². The van der Waals surface area contributed by atoms with Crippen LogP contribution in [-0.2, 0) is 16.4 Å². The highest BCUT2D eigenvalue weighted by molar-refractivity contribution is 7.92. The molecule has 2 aliphatic rings. The molecule has 5 aromatic rings. The van der Waals surface area contributed by atoms with Crippen molar-refractivity contribution >= 4 is 49.4 Å². The van der Waals surface area contributed by atoms with Crippen LogP contribution in [0.25, 0.3) is 27.6 Å². The van der Waals surface area contributed by atoms with Gasteiger partial charge in [-0.25, -0.2) is 44.7 Å². The Hall–Kier alpha value is -4.26. The average Bonchev–Trinajstić information content (AvgIpc) is 3.46. The molecule has 4 atom stereocenters. The standard InChI is InChI=1S/C38H41ClF6N8O3S/c1-19-10-29(22-6-8-38(44,45)9-7-22)47-34-31(19)37(54)52(36(48-34)28(46)13-21-11-23(40)14-24(41)12-21)30-5-4-27(39)32-33(30)53(49-35(32)50-57(3,55)56)20(2)16-51-17-25(42)15-26(43)18-51/h4-5,10-12,14,20,22,25-26,28H,6-9,13,15-18,46H2,1-3H3,(H,49,50)/t20-,25-,26+,28+/m1/s1. The summed E-state index contributed by atoms with van der Waals surface area (Å²) in [5.74, 6) is -5.09. The molecule has 57 heavy (non-hydrogen) atoms. The van der Waals surface area contributed by atoms with Gasteiger partial charge in [0.1, 0.15) is 29.8 Å². The molecule has 3 aromatic heterocycles. The smallest absolute Gasteiger partial charge is 0.268 e. The van der Waals surface area contributed by atoms with Crippen LogP contribution in [0.3, 0.4) is 0 Å². The summed E-state index contributed by atoms with van der Waals surface area (Å²) in [6.45, 7) is 3.36. The largest absolute Gasteiger partial charge is 0.321 e. The van der Waals surface area contributed by atoms with Crippen LogP contribution in [0.15, 0.2) is 41.2 Å². The van der Waals surface area contributed by atoms with Crippen molar-refractivity contribution < 1.29 is 34.8 Å². The summed E-state index contributed by atoms with van der Waals surface area (Å²) in [5, 5.41) is 4.79. The highest BCUT2D eigenvalue weighted by Crippen LogP contribution is 2.41. The fourth-order valence-corrected chi connectivity index (χ4v) is 8.87. The van der Waals surface area contributed by atoms with E-state index in [4.69, 9.17) is 27.3 Å². The van der Waals surface area contributed by atoms with Crippen molar-refractivity contribution in [1.29, 1.82) is 0 Å². The van der Waals surface area contributed by atoms with Gasteiger partial charge in [-0.3, -0.25) is 23.7 Å². The molecule has 0 unspecified atom stereocenters. The van der Waals surface area contributed by atoms with Gasteiger partial charge in [-0.05, 0) is 74.6 Å². The zero-order chi connectivity index (χ0) is 41.1. The number of alkyl halides is 4. The van der Waals surface area contributed by atoms with Crippen LogP contribution in [0.2, 0.25) is 5.02 Å². The molecule has 7 rings (SSSR count). The van der Waals surface area contributed by atoms with Gasteiger partial charge in [0.15, 0.2) is 11.5 Å². The number of piperidine rings is 1. The number of aryl methyl sites for hydroxylation is 1. The Bertz CT molecular complexity index is 2500. The number of sulfonamides is 1. The molecule has 19 heteroatoms. The number of nitrogens with two attached hydrogens (primary N) is 1. The van der Waals surface area contributed by atoms with Crippen molar-refractivity contribution in [2.75, 3.05) is 30.6 Å². The number of anilines is 1. The quantitative estimate of drug-likeness (QED) is 0.141. The molecular weight excluding hydrogens is 798 g/mol. The van der Waals surface area contributed by atoms with Gasteiger partial charge in [-0.15, -0.1) is 0 Å². The topological polar surface area (TPSA) is 141 Å². The van der Waals surface area contributed by atoms with E-state index in [1.165, 1.54) is 21.4 Å². The van der Waals surface area contributed by atoms with E-state index in [1.54, 1.807) is 24.8 Å². The normalized spacial score (nSPS) is 20.6. The molecule has 1 aliphatic carbocycles. The van der Waals surface area contributed by atoms with Gasteiger partial charge in [-0.1, -0.05) is 11.6 Å². The maximum absolute atomic E-state index is 15.0. The molecule has 0 bridgehead atoms. The van der Waals surface area contributed by atoms with Crippen LogP contribution < -0.4 is 16.0 Å². The molecule has 3 N–H and O–H groups in total. The van der Waals surface area contributed by atoms with Crippen molar-refractivity contribution in [2.45, 2.75) is 88.6 Å². The molecule has 0 amide bonds. The van der Waals surface area contributed by atoms with Gasteiger partial charge >= 0.3 is 0 Å². The Balaban J connectivity index is 1.46. The molecule has 2 fully saturated rings. The number of benzene rings is 2. The van der Waals surface area contributed by atoms with E-state index in [0.29, 0.717) is 17.3 Å². The van der Waals surface area contributed by atoms with Crippen LogP contribution in [0.1, 0.15) is 79.7 Å². The molecule has 1 saturated carbocycles. The second-order valence-electron chi connectivity index (χ2n) is 15.3. The molecular formula is C38H41ClF6N8O3S. The number of nitrogens with one attached hydrogen (secondary N) is 1. The van der Waals surface area contributed by atoms with Gasteiger partial charge in [0.25, 0.3) is 5.56 Å². The summed E-state index contributed by atoms with van der Waals surface area (Å²) in [6, 6.07) is 5.57. The molecule has 0 radical (unpaired) electrons. The lowest BCUT2D eigenvalue weighted by molar-refractivity contribution is -0.0384. The fourth-order valence-electron chi connectivity index (χ4n) is 8.13. The van der Waals surface area contributed by atoms with Crippen LogP contribution >= 0.6 is 11.6 Å². The van der Waals surface area contributed by atoms with Gasteiger partial charge in [0.2, 0.25) is 15.9 Å². The minimum atomic E-state index is -3.95. The number of hydrogen-bond acceptors (Lipinski definition) is 8. The Kier molecular flexibility index (Phi) is 11.1. The lowest BCUT2D eigenvalue weighted by Gasteiger charge is -2.33. The minimum Gasteiger partial charge on any atom is -0.321 e. The fraction of sp³-hybridized carbons (Fsp3) is 0.474. The summed E-state index contributed by atoms with van der Waals surface area (Å²) in [7, 11) is -3.95. The summed E-state index contributed by atoms with van der Waals surface area (Å²) in [5.41, 5.74) is 7.42. The van der Waals surface area contributed by atoms with E-state index in [9.17, 15) is 39.6 Å². The number of fused-ring (bicyclic) bond motifs is 2. The molecule has 2 aromatic carbocycles. The third kappa shape index (κ3) is 8.64. The summed E-state index contributed by atoms with van der Waals surface area (Å²) < 4.78 is 116. The predicted molar refractivity (Wildman–Crippen MR) is 205 cm³/mol. The first-order chi connectivity index (χ1) is 26.8. The maximum atomic E-state index is 15.0. The molecule has 1 aliphatic heterocycles. The summed E-state index contributed by atoms with van der Waals surface area (Å²) in [4.78, 5) is 26.1. The second kappa shape index (κ2) is 15.5. The molecule has 0 spiro atoms. The van der Waals surface area contributed by atoms with Crippen molar-refractivity contribution in [3.8, 4) is 5.69 Å². The highest BCUT2D eigenvalue weighted by Gasteiger charge is 2.37. The van der Waals surface area contributed by atoms with Crippen LogP contribution in [-0.4, -0.2) is 81.8 Å². The van der Waals surface area contributed by atoms with E-state index in [1.807, 2.05) is 0 Å². The van der Waals surface area contributed by atoms with Crippen LogP contribution in [0.4, 0.5) is 32.2 Å². The van der Waals surface area contributed by atoms with Gasteiger partial charge in [-0.2, -0.15) is 5.10 Å². The zero-order valence-corrected chi connectivity index (χ0v) is 32.8. The third-order valence-corrected chi connectivity index (χ3v) is 11.5. The summed E-state index contributed by atoms with van der Waals surface area (Å²) in [6.07, 6.45) is -2.62. The van der Waals surface area contributed by atoms with Gasteiger partial charge in [0.05, 0.1) is 45.3 Å². The number of hydrogen-bond donors (Lipinski definition) is 2. The van der Waals surface area contributed by atoms with Crippen molar-refractivity contribution in [3.63, 3.8) is 0 Å². The lowest BCUT2D eigenvalue weighted by Crippen LogP contribution is -2.44. The molecule has 1 saturated heterocycles. The highest BCUT2D eigenvalue weighted by atomic mass is 35.5. The average molecular weight is 839 g/mol. The van der Waals surface area contributed by atoms with E-state index >= 15 is 0 Å². The SMILES string of the molecule is Cc1cc(C2CCC(F)(F)CC2)nc2nc([C@@H](N)Cc3cc(F)cc(F)c3)n(-c3ccc(Cl)c4c(NS(C)(=O)=O)nn([C@H](C)CN5C[C@H](F)C[C@H](F)C5)c34)c(=O)c12. The predicted octanol–water partition coefficient (Wildman–Crippen LogP) is 7.22.